The van der Waals surface area contributed by atoms with Crippen LogP contribution in [0, 0.1) is 0 Å². The molecule has 1 heterocycles. The molecule has 0 unspecified atom stereocenters. The Hall–Kier alpha value is -2.44. The number of unbranched alkanes of at least 4 members (excludes halogenated alkanes) is 1. The van der Waals surface area contributed by atoms with Crippen molar-refractivity contribution >= 4 is 17.1 Å². The molecule has 1 aliphatic rings. The molecular weight excluding hydrogens is 466 g/mol. The van der Waals surface area contributed by atoms with Crippen LogP contribution >= 0.6 is 0 Å². The molecule has 1 fully saturated rings. The minimum Gasteiger partial charge on any atom is -0.387 e. The first kappa shape index (κ1) is 28.1. The van der Waals surface area contributed by atoms with Crippen molar-refractivity contribution in [1.29, 1.82) is 0 Å². The van der Waals surface area contributed by atoms with Crippen LogP contribution in [0.1, 0.15) is 19.8 Å². The lowest BCUT2D eigenvalue weighted by Gasteiger charge is -2.38. The van der Waals surface area contributed by atoms with Crippen molar-refractivity contribution in [3.8, 4) is 0 Å². The van der Waals surface area contributed by atoms with Gasteiger partial charge in [0.1, 0.15) is 24.4 Å². The van der Waals surface area contributed by atoms with Gasteiger partial charge in [-0.2, -0.15) is 10.2 Å². The van der Waals surface area contributed by atoms with Gasteiger partial charge in [0.15, 0.2) is 6.29 Å². The molecule has 2 aromatic carbocycles. The van der Waals surface area contributed by atoms with E-state index in [2.05, 4.69) is 22.1 Å². The zero-order chi connectivity index (χ0) is 25.8. The monoisotopic (exact) mass is 503 g/mol. The fourth-order valence-corrected chi connectivity index (χ4v) is 3.76. The molecule has 10 nitrogen and oxygen atoms in total. The number of aliphatic hydroxyl groups is 4. The summed E-state index contributed by atoms with van der Waals surface area (Å²) in [6.07, 6.45) is -5.19. The van der Waals surface area contributed by atoms with Gasteiger partial charge in [0, 0.05) is 32.0 Å². The van der Waals surface area contributed by atoms with E-state index in [1.807, 2.05) is 54.6 Å². The second kappa shape index (κ2) is 15.0. The smallest absolute Gasteiger partial charge is 0.184 e. The van der Waals surface area contributed by atoms with Crippen molar-refractivity contribution in [3.63, 3.8) is 0 Å². The van der Waals surface area contributed by atoms with Gasteiger partial charge >= 0.3 is 0 Å². The molecule has 0 radical (unpaired) electrons. The maximum atomic E-state index is 9.89. The van der Waals surface area contributed by atoms with E-state index in [4.69, 9.17) is 14.2 Å². The zero-order valence-corrected chi connectivity index (χ0v) is 20.6. The van der Waals surface area contributed by atoms with E-state index in [0.29, 0.717) is 19.8 Å². The van der Waals surface area contributed by atoms with E-state index < -0.39 is 30.7 Å². The van der Waals surface area contributed by atoms with E-state index in [1.54, 1.807) is 0 Å². The highest BCUT2D eigenvalue weighted by Crippen LogP contribution is 2.22. The molecule has 36 heavy (non-hydrogen) atoms. The molecule has 2 aromatic rings. The Morgan fingerprint density at radius 2 is 1.42 bits per heavy atom. The van der Waals surface area contributed by atoms with Gasteiger partial charge < -0.3 is 39.5 Å². The average Bonchev–Trinajstić information content (AvgIpc) is 2.91. The van der Waals surface area contributed by atoms with Crippen LogP contribution in [0.25, 0.3) is 0 Å². The number of nitrogens with zero attached hydrogens (tertiary/aromatic N) is 3. The highest BCUT2D eigenvalue weighted by molar-refractivity contribution is 5.52. The topological polar surface area (TPSA) is 137 Å². The highest BCUT2D eigenvalue weighted by atomic mass is 16.6. The van der Waals surface area contributed by atoms with Gasteiger partial charge in [-0.25, -0.2) is 0 Å². The van der Waals surface area contributed by atoms with E-state index in [9.17, 15) is 20.4 Å². The van der Waals surface area contributed by atoms with Gasteiger partial charge in [0.25, 0.3) is 0 Å². The maximum absolute atomic E-state index is 9.89. The van der Waals surface area contributed by atoms with Crippen molar-refractivity contribution in [2.24, 2.45) is 10.2 Å². The van der Waals surface area contributed by atoms with Gasteiger partial charge in [0.05, 0.1) is 24.6 Å². The first-order chi connectivity index (χ1) is 17.5. The second-order valence-electron chi connectivity index (χ2n) is 8.56. The number of hydrogen-bond donors (Lipinski definition) is 4. The van der Waals surface area contributed by atoms with Gasteiger partial charge in [-0.3, -0.25) is 0 Å². The Labute approximate surface area is 211 Å². The molecule has 0 aliphatic carbocycles. The van der Waals surface area contributed by atoms with Crippen molar-refractivity contribution in [1.82, 2.24) is 0 Å². The van der Waals surface area contributed by atoms with Crippen LogP contribution in [0.3, 0.4) is 0 Å². The number of anilines is 1. The first-order valence-electron chi connectivity index (χ1n) is 12.3. The van der Waals surface area contributed by atoms with Gasteiger partial charge in [-0.15, -0.1) is 0 Å². The minimum atomic E-state index is -1.55. The van der Waals surface area contributed by atoms with E-state index in [0.717, 1.165) is 43.0 Å². The van der Waals surface area contributed by atoms with E-state index in [1.165, 1.54) is 0 Å². The third-order valence-electron chi connectivity index (χ3n) is 5.94. The number of aliphatic hydroxyl groups excluding tert-OH is 4. The summed E-state index contributed by atoms with van der Waals surface area (Å²) in [6, 6.07) is 17.6. The lowest BCUT2D eigenvalue weighted by Crippen LogP contribution is -2.58. The fourth-order valence-electron chi connectivity index (χ4n) is 3.76. The third kappa shape index (κ3) is 8.59. The average molecular weight is 504 g/mol. The summed E-state index contributed by atoms with van der Waals surface area (Å²) in [5.41, 5.74) is 2.72. The van der Waals surface area contributed by atoms with E-state index in [-0.39, 0.29) is 6.61 Å². The number of hydrogen-bond acceptors (Lipinski definition) is 10. The van der Waals surface area contributed by atoms with Crippen LogP contribution < -0.4 is 4.90 Å². The lowest BCUT2D eigenvalue weighted by molar-refractivity contribution is -0.288. The highest BCUT2D eigenvalue weighted by Gasteiger charge is 2.42. The Kier molecular flexibility index (Phi) is 11.7. The summed E-state index contributed by atoms with van der Waals surface area (Å²) in [4.78, 5) is 2.23. The van der Waals surface area contributed by atoms with Crippen molar-refractivity contribution in [2.75, 3.05) is 44.4 Å². The molecule has 0 amide bonds. The Morgan fingerprint density at radius 3 is 2.08 bits per heavy atom. The van der Waals surface area contributed by atoms with Crippen LogP contribution in [-0.4, -0.2) is 90.6 Å². The van der Waals surface area contributed by atoms with Crippen molar-refractivity contribution in [2.45, 2.75) is 50.5 Å². The second-order valence-corrected chi connectivity index (χ2v) is 8.56. The molecule has 0 aromatic heterocycles. The quantitative estimate of drug-likeness (QED) is 0.228. The number of azo groups is 1. The summed E-state index contributed by atoms with van der Waals surface area (Å²) in [7, 11) is 0. The summed E-state index contributed by atoms with van der Waals surface area (Å²) in [5, 5.41) is 47.1. The number of rotatable bonds is 14. The molecule has 3 rings (SSSR count). The van der Waals surface area contributed by atoms with Crippen LogP contribution in [0.15, 0.2) is 64.8 Å². The summed E-state index contributed by atoms with van der Waals surface area (Å²) in [6.45, 7) is 5.38. The van der Waals surface area contributed by atoms with Crippen LogP contribution in [0.4, 0.5) is 17.1 Å². The summed E-state index contributed by atoms with van der Waals surface area (Å²) in [5.74, 6) is 0. The summed E-state index contributed by atoms with van der Waals surface area (Å²) >= 11 is 0. The SMILES string of the molecule is CCN(CCOCCCCOC[C@H]1O[C@@H](O)[C@H](O)[C@@H](O)[C@H]1O)c1ccc(N=Nc2ccccc2)cc1. The predicted molar refractivity (Wildman–Crippen MR) is 135 cm³/mol. The maximum Gasteiger partial charge on any atom is 0.184 e. The lowest BCUT2D eigenvalue weighted by atomic mass is 9.99. The normalized spacial score (nSPS) is 24.3. The first-order valence-corrected chi connectivity index (χ1v) is 12.3. The zero-order valence-electron chi connectivity index (χ0n) is 20.6. The Morgan fingerprint density at radius 1 is 0.778 bits per heavy atom. The van der Waals surface area contributed by atoms with Crippen LogP contribution in [0.2, 0.25) is 0 Å². The number of likely N-dealkylation sites (N-methyl/N-ethyl adjacent to an activating group) is 1. The summed E-state index contributed by atoms with van der Waals surface area (Å²) < 4.78 is 16.3. The molecule has 1 aliphatic heterocycles. The predicted octanol–water partition coefficient (Wildman–Crippen LogP) is 2.54. The molecule has 0 saturated carbocycles. The number of ether oxygens (including phenoxy) is 3. The Bertz CT molecular complexity index is 900. The Balaban J connectivity index is 1.27. The van der Waals surface area contributed by atoms with Gasteiger partial charge in [0.2, 0.25) is 0 Å². The molecule has 0 bridgehead atoms. The third-order valence-corrected chi connectivity index (χ3v) is 5.94. The molecule has 10 heteroatoms. The number of benzene rings is 2. The van der Waals surface area contributed by atoms with Gasteiger partial charge in [-0.1, -0.05) is 18.2 Å². The van der Waals surface area contributed by atoms with E-state index >= 15 is 0 Å². The molecule has 0 spiro atoms. The largest absolute Gasteiger partial charge is 0.387 e. The molecule has 5 atom stereocenters. The molecule has 1 saturated heterocycles. The molecule has 198 valence electrons. The molecular formula is C26H37N3O7. The molecule has 4 N–H and O–H groups in total. The van der Waals surface area contributed by atoms with Crippen molar-refractivity contribution in [3.05, 3.63) is 54.6 Å². The van der Waals surface area contributed by atoms with Crippen LogP contribution in [-0.2, 0) is 14.2 Å². The van der Waals surface area contributed by atoms with Crippen LogP contribution in [0.5, 0.6) is 0 Å². The minimum absolute atomic E-state index is 0.0146. The van der Waals surface area contributed by atoms with Gasteiger partial charge in [-0.05, 0) is 56.2 Å². The standard InChI is InChI=1S/C26H37N3O7/c1-2-29(21-12-10-20(11-13-21)28-27-19-8-4-3-5-9-19)14-17-34-15-6-7-16-35-18-22-23(30)24(31)25(32)26(33)36-22/h3-5,8-13,22-26,30-33H,2,6-7,14-18H2,1H3/t22-,23+,24+,25-,26-/m1/s1. The fraction of sp³-hybridized carbons (Fsp3) is 0.538. The van der Waals surface area contributed by atoms with Crippen molar-refractivity contribution < 1.29 is 34.6 Å².